The standard InChI is InChI=1S/C12H17N3O/c1-12(7-3-5-9-14-12)11(16)15-10-6-2-4-8-13-10/h2,4,6,8,14H,3,5,7,9H2,1H3,(H,13,15,16). The summed E-state index contributed by atoms with van der Waals surface area (Å²) in [5.41, 5.74) is -0.449. The molecule has 0 radical (unpaired) electrons. The molecule has 2 N–H and O–H groups in total. The van der Waals surface area contributed by atoms with Crippen molar-refractivity contribution in [2.24, 2.45) is 0 Å². The van der Waals surface area contributed by atoms with E-state index in [0.29, 0.717) is 5.82 Å². The van der Waals surface area contributed by atoms with E-state index in [1.807, 2.05) is 19.1 Å². The van der Waals surface area contributed by atoms with Gasteiger partial charge in [0.25, 0.3) is 0 Å². The lowest BCUT2D eigenvalue weighted by Gasteiger charge is -2.33. The lowest BCUT2D eigenvalue weighted by atomic mass is 9.90. The Hall–Kier alpha value is -1.42. The quantitative estimate of drug-likeness (QED) is 0.793. The van der Waals surface area contributed by atoms with Gasteiger partial charge in [0, 0.05) is 6.20 Å². The van der Waals surface area contributed by atoms with Crippen molar-refractivity contribution in [1.82, 2.24) is 10.3 Å². The Morgan fingerprint density at radius 1 is 1.50 bits per heavy atom. The van der Waals surface area contributed by atoms with Gasteiger partial charge in [0.15, 0.2) is 0 Å². The zero-order valence-electron chi connectivity index (χ0n) is 9.49. The summed E-state index contributed by atoms with van der Waals surface area (Å²) in [6, 6.07) is 5.49. The van der Waals surface area contributed by atoms with E-state index < -0.39 is 5.54 Å². The number of hydrogen-bond donors (Lipinski definition) is 2. The number of amides is 1. The first-order valence-corrected chi connectivity index (χ1v) is 5.68. The van der Waals surface area contributed by atoms with Crippen molar-refractivity contribution in [2.75, 3.05) is 11.9 Å². The monoisotopic (exact) mass is 219 g/mol. The van der Waals surface area contributed by atoms with Gasteiger partial charge in [-0.3, -0.25) is 4.79 Å². The first kappa shape index (κ1) is 11.1. The summed E-state index contributed by atoms with van der Waals surface area (Å²) in [6.45, 7) is 2.86. The van der Waals surface area contributed by atoms with Crippen LogP contribution in [0.3, 0.4) is 0 Å². The van der Waals surface area contributed by atoms with Crippen molar-refractivity contribution >= 4 is 11.7 Å². The molecule has 4 heteroatoms. The fraction of sp³-hybridized carbons (Fsp3) is 0.500. The van der Waals surface area contributed by atoms with Gasteiger partial charge in [-0.25, -0.2) is 4.98 Å². The average molecular weight is 219 g/mol. The largest absolute Gasteiger partial charge is 0.309 e. The van der Waals surface area contributed by atoms with Crippen LogP contribution in [0.5, 0.6) is 0 Å². The van der Waals surface area contributed by atoms with Crippen LogP contribution in [0.25, 0.3) is 0 Å². The Bertz CT molecular complexity index is 358. The highest BCUT2D eigenvalue weighted by molar-refractivity contribution is 5.97. The van der Waals surface area contributed by atoms with Gasteiger partial charge in [-0.1, -0.05) is 6.07 Å². The Labute approximate surface area is 95.5 Å². The third kappa shape index (κ3) is 2.39. The predicted molar refractivity (Wildman–Crippen MR) is 63.1 cm³/mol. The van der Waals surface area contributed by atoms with E-state index >= 15 is 0 Å². The highest BCUT2D eigenvalue weighted by atomic mass is 16.2. The number of carbonyl (C=O) groups excluding carboxylic acids is 1. The smallest absolute Gasteiger partial charge is 0.245 e. The number of hydrogen-bond acceptors (Lipinski definition) is 3. The summed E-state index contributed by atoms with van der Waals surface area (Å²) in [4.78, 5) is 16.2. The molecule has 1 amide bonds. The summed E-state index contributed by atoms with van der Waals surface area (Å²) in [6.07, 6.45) is 4.80. The summed E-state index contributed by atoms with van der Waals surface area (Å²) in [5, 5.41) is 6.12. The molecule has 0 spiro atoms. The molecule has 0 saturated carbocycles. The van der Waals surface area contributed by atoms with Gasteiger partial charge in [0.1, 0.15) is 5.82 Å². The fourth-order valence-corrected chi connectivity index (χ4v) is 1.94. The zero-order valence-corrected chi connectivity index (χ0v) is 9.49. The van der Waals surface area contributed by atoms with Crippen molar-refractivity contribution in [3.8, 4) is 0 Å². The number of piperidine rings is 1. The van der Waals surface area contributed by atoms with Crippen molar-refractivity contribution in [2.45, 2.75) is 31.7 Å². The molecule has 2 heterocycles. The molecular weight excluding hydrogens is 202 g/mol. The molecule has 1 atom stereocenters. The molecule has 0 aromatic carbocycles. The Morgan fingerprint density at radius 3 is 3.00 bits per heavy atom. The van der Waals surface area contributed by atoms with E-state index in [1.54, 1.807) is 12.3 Å². The van der Waals surface area contributed by atoms with Crippen LogP contribution in [0.2, 0.25) is 0 Å². The van der Waals surface area contributed by atoms with Crippen LogP contribution in [0.4, 0.5) is 5.82 Å². The first-order valence-electron chi connectivity index (χ1n) is 5.68. The number of pyridine rings is 1. The zero-order chi connectivity index (χ0) is 11.4. The molecule has 1 aliphatic heterocycles. The van der Waals surface area contributed by atoms with Crippen molar-refractivity contribution < 1.29 is 4.79 Å². The number of rotatable bonds is 2. The molecule has 1 saturated heterocycles. The number of nitrogens with zero attached hydrogens (tertiary/aromatic N) is 1. The minimum atomic E-state index is -0.449. The van der Waals surface area contributed by atoms with Crippen LogP contribution in [0, 0.1) is 0 Å². The number of carbonyl (C=O) groups is 1. The van der Waals surface area contributed by atoms with Gasteiger partial charge in [-0.15, -0.1) is 0 Å². The van der Waals surface area contributed by atoms with E-state index in [2.05, 4.69) is 15.6 Å². The van der Waals surface area contributed by atoms with Crippen LogP contribution in [0.15, 0.2) is 24.4 Å². The normalized spacial score (nSPS) is 25.1. The summed E-state index contributed by atoms with van der Waals surface area (Å²) >= 11 is 0. The van der Waals surface area contributed by atoms with Gasteiger partial charge < -0.3 is 10.6 Å². The first-order chi connectivity index (χ1) is 7.71. The fourth-order valence-electron chi connectivity index (χ4n) is 1.94. The molecule has 1 aromatic rings. The maximum Gasteiger partial charge on any atom is 0.245 e. The minimum Gasteiger partial charge on any atom is -0.309 e. The molecule has 1 fully saturated rings. The number of anilines is 1. The summed E-state index contributed by atoms with van der Waals surface area (Å²) in [5.74, 6) is 0.618. The Balaban J connectivity index is 2.02. The second-order valence-electron chi connectivity index (χ2n) is 4.39. The molecular formula is C12H17N3O. The van der Waals surface area contributed by atoms with E-state index in [9.17, 15) is 4.79 Å². The second kappa shape index (κ2) is 4.61. The topological polar surface area (TPSA) is 54.0 Å². The van der Waals surface area contributed by atoms with Gasteiger partial charge >= 0.3 is 0 Å². The van der Waals surface area contributed by atoms with Crippen LogP contribution < -0.4 is 10.6 Å². The van der Waals surface area contributed by atoms with E-state index in [0.717, 1.165) is 25.8 Å². The summed E-state index contributed by atoms with van der Waals surface area (Å²) in [7, 11) is 0. The lowest BCUT2D eigenvalue weighted by molar-refractivity contribution is -0.122. The van der Waals surface area contributed by atoms with E-state index in [4.69, 9.17) is 0 Å². The van der Waals surface area contributed by atoms with Crippen LogP contribution in [0.1, 0.15) is 26.2 Å². The van der Waals surface area contributed by atoms with Crippen LogP contribution in [-0.4, -0.2) is 23.0 Å². The van der Waals surface area contributed by atoms with Crippen LogP contribution in [-0.2, 0) is 4.79 Å². The molecule has 4 nitrogen and oxygen atoms in total. The molecule has 1 aromatic heterocycles. The lowest BCUT2D eigenvalue weighted by Crippen LogP contribution is -2.54. The second-order valence-corrected chi connectivity index (χ2v) is 4.39. The minimum absolute atomic E-state index is 0.00546. The number of aromatic nitrogens is 1. The van der Waals surface area contributed by atoms with Crippen molar-refractivity contribution in [3.63, 3.8) is 0 Å². The summed E-state index contributed by atoms with van der Waals surface area (Å²) < 4.78 is 0. The molecule has 1 unspecified atom stereocenters. The molecule has 86 valence electrons. The van der Waals surface area contributed by atoms with Gasteiger partial charge in [0.2, 0.25) is 5.91 Å². The van der Waals surface area contributed by atoms with Gasteiger partial charge in [-0.2, -0.15) is 0 Å². The highest BCUT2D eigenvalue weighted by Gasteiger charge is 2.34. The molecule has 0 bridgehead atoms. The maximum absolute atomic E-state index is 12.1. The third-order valence-corrected chi connectivity index (χ3v) is 3.03. The third-order valence-electron chi connectivity index (χ3n) is 3.03. The SMILES string of the molecule is CC1(C(=O)Nc2ccccn2)CCCCN1. The van der Waals surface area contributed by atoms with E-state index in [-0.39, 0.29) is 5.91 Å². The molecule has 0 aliphatic carbocycles. The van der Waals surface area contributed by atoms with Gasteiger partial charge in [0.05, 0.1) is 5.54 Å². The number of nitrogens with one attached hydrogen (secondary N) is 2. The van der Waals surface area contributed by atoms with E-state index in [1.165, 1.54) is 0 Å². The molecule has 2 rings (SSSR count). The van der Waals surface area contributed by atoms with Crippen LogP contribution >= 0.6 is 0 Å². The Morgan fingerprint density at radius 2 is 2.38 bits per heavy atom. The van der Waals surface area contributed by atoms with Crippen molar-refractivity contribution in [1.29, 1.82) is 0 Å². The van der Waals surface area contributed by atoms with Gasteiger partial charge in [-0.05, 0) is 44.9 Å². The van der Waals surface area contributed by atoms with Crippen molar-refractivity contribution in [3.05, 3.63) is 24.4 Å². The molecule has 16 heavy (non-hydrogen) atoms. The highest BCUT2D eigenvalue weighted by Crippen LogP contribution is 2.20. The Kier molecular flexibility index (Phi) is 3.19. The average Bonchev–Trinajstić information content (AvgIpc) is 2.31. The predicted octanol–water partition coefficient (Wildman–Crippen LogP) is 1.55. The maximum atomic E-state index is 12.1. The molecule has 1 aliphatic rings.